The molecule has 0 bridgehead atoms. The minimum Gasteiger partial charge on any atom is -0.356 e. The lowest BCUT2D eigenvalue weighted by Gasteiger charge is -2.43. The predicted molar refractivity (Wildman–Crippen MR) is 111 cm³/mol. The van der Waals surface area contributed by atoms with E-state index in [0.29, 0.717) is 11.3 Å². The summed E-state index contributed by atoms with van der Waals surface area (Å²) in [6, 6.07) is 7.27. The second-order valence-corrected chi connectivity index (χ2v) is 9.87. The smallest absolute Gasteiger partial charge is 0.191 e. The molecule has 0 saturated heterocycles. The van der Waals surface area contributed by atoms with E-state index in [2.05, 4.69) is 15.6 Å². The molecule has 0 spiro atoms. The van der Waals surface area contributed by atoms with E-state index < -0.39 is 10.8 Å². The first-order valence-corrected chi connectivity index (χ1v) is 11.5. The normalized spacial score (nSPS) is 26.1. The minimum absolute atomic E-state index is 0.0735. The van der Waals surface area contributed by atoms with Gasteiger partial charge in [-0.3, -0.25) is 9.20 Å². The zero-order chi connectivity index (χ0) is 19.3. The Morgan fingerprint density at radius 3 is 2.59 bits per heavy atom. The number of nitrogens with zero attached hydrogens (tertiary/aromatic N) is 1. The maximum Gasteiger partial charge on any atom is 0.191 e. The highest BCUT2D eigenvalue weighted by Crippen LogP contribution is 2.43. The maximum atomic E-state index is 13.3. The van der Waals surface area contributed by atoms with Crippen molar-refractivity contribution in [2.24, 2.45) is 4.99 Å². The largest absolute Gasteiger partial charge is 0.356 e. The van der Waals surface area contributed by atoms with Gasteiger partial charge in [-0.15, -0.1) is 0 Å². The van der Waals surface area contributed by atoms with Crippen molar-refractivity contribution in [3.05, 3.63) is 35.6 Å². The summed E-state index contributed by atoms with van der Waals surface area (Å²) in [5.74, 6) is 1.37. The number of benzene rings is 1. The van der Waals surface area contributed by atoms with Gasteiger partial charge in [-0.2, -0.15) is 0 Å². The molecule has 0 radical (unpaired) electrons. The lowest BCUT2D eigenvalue weighted by Crippen LogP contribution is -2.51. The molecule has 2 aliphatic rings. The van der Waals surface area contributed by atoms with Crippen LogP contribution in [0.1, 0.15) is 57.4 Å². The molecular weight excluding hydrogens is 361 g/mol. The molecule has 6 heteroatoms. The van der Waals surface area contributed by atoms with Crippen LogP contribution >= 0.6 is 0 Å². The molecule has 150 valence electrons. The first kappa shape index (κ1) is 20.3. The van der Waals surface area contributed by atoms with Crippen molar-refractivity contribution >= 4 is 16.8 Å². The summed E-state index contributed by atoms with van der Waals surface area (Å²) in [4.78, 5) is 4.40. The van der Waals surface area contributed by atoms with Crippen LogP contribution in [0, 0.1) is 5.82 Å². The molecule has 0 aromatic heterocycles. The van der Waals surface area contributed by atoms with Gasteiger partial charge in [-0.1, -0.05) is 31.9 Å². The van der Waals surface area contributed by atoms with E-state index in [1.807, 2.05) is 19.1 Å². The van der Waals surface area contributed by atoms with Gasteiger partial charge in [0.05, 0.1) is 0 Å². The Morgan fingerprint density at radius 2 is 2.00 bits per heavy atom. The van der Waals surface area contributed by atoms with Crippen molar-refractivity contribution in [1.82, 2.24) is 10.6 Å². The SMILES string of the molecule is CCS(=O)C1CCCC(NC(=NC)NCC2(c3ccc(F)cc3)CCC2)C1. The Hall–Kier alpha value is -1.43. The summed E-state index contributed by atoms with van der Waals surface area (Å²) in [6.45, 7) is 2.80. The number of aliphatic imine (C=N–C) groups is 1. The van der Waals surface area contributed by atoms with E-state index in [4.69, 9.17) is 0 Å². The fourth-order valence-electron chi connectivity index (χ4n) is 4.37. The van der Waals surface area contributed by atoms with E-state index in [0.717, 1.165) is 56.8 Å². The number of hydrogen-bond acceptors (Lipinski definition) is 2. The third kappa shape index (κ3) is 4.89. The molecule has 27 heavy (non-hydrogen) atoms. The topological polar surface area (TPSA) is 53.5 Å². The average molecular weight is 394 g/mol. The van der Waals surface area contributed by atoms with Gasteiger partial charge in [0.15, 0.2) is 5.96 Å². The van der Waals surface area contributed by atoms with Crippen LogP contribution < -0.4 is 10.6 Å². The molecule has 0 amide bonds. The van der Waals surface area contributed by atoms with E-state index >= 15 is 0 Å². The summed E-state index contributed by atoms with van der Waals surface area (Å²) >= 11 is 0. The summed E-state index contributed by atoms with van der Waals surface area (Å²) in [5, 5.41) is 7.34. The van der Waals surface area contributed by atoms with Gasteiger partial charge in [0, 0.05) is 46.9 Å². The molecule has 4 nitrogen and oxygen atoms in total. The Labute approximate surface area is 164 Å². The van der Waals surface area contributed by atoms with Crippen LogP contribution in [0.2, 0.25) is 0 Å². The highest BCUT2D eigenvalue weighted by molar-refractivity contribution is 7.85. The fourth-order valence-corrected chi connectivity index (χ4v) is 5.71. The summed E-state index contributed by atoms with van der Waals surface area (Å²) < 4.78 is 25.4. The highest BCUT2D eigenvalue weighted by Gasteiger charge is 2.38. The molecule has 2 N–H and O–H groups in total. The zero-order valence-electron chi connectivity index (χ0n) is 16.5. The lowest BCUT2D eigenvalue weighted by atomic mass is 9.64. The molecule has 2 saturated carbocycles. The quantitative estimate of drug-likeness (QED) is 0.575. The van der Waals surface area contributed by atoms with Crippen LogP contribution in [-0.4, -0.2) is 40.8 Å². The van der Waals surface area contributed by atoms with Crippen LogP contribution in [-0.2, 0) is 16.2 Å². The van der Waals surface area contributed by atoms with Crippen LogP contribution in [0.25, 0.3) is 0 Å². The van der Waals surface area contributed by atoms with Gasteiger partial charge in [0.1, 0.15) is 5.82 Å². The van der Waals surface area contributed by atoms with Crippen LogP contribution in [0.4, 0.5) is 4.39 Å². The molecule has 1 aromatic rings. The van der Waals surface area contributed by atoms with Crippen molar-refractivity contribution in [2.75, 3.05) is 19.3 Å². The van der Waals surface area contributed by atoms with Gasteiger partial charge >= 0.3 is 0 Å². The Kier molecular flexibility index (Phi) is 6.90. The zero-order valence-corrected chi connectivity index (χ0v) is 17.3. The summed E-state index contributed by atoms with van der Waals surface area (Å²) in [5.41, 5.74) is 1.28. The number of nitrogens with one attached hydrogen (secondary N) is 2. The maximum absolute atomic E-state index is 13.3. The molecule has 3 atom stereocenters. The first-order chi connectivity index (χ1) is 13.1. The standard InChI is InChI=1S/C21H32FN3OS/c1-3-27(26)19-7-4-6-18(14-19)25-20(23-2)24-15-21(12-5-13-21)16-8-10-17(22)11-9-16/h8-11,18-19H,3-7,12-15H2,1-2H3,(H2,23,24,25). The molecule has 2 fully saturated rings. The fraction of sp³-hybridized carbons (Fsp3) is 0.667. The highest BCUT2D eigenvalue weighted by atomic mass is 32.2. The van der Waals surface area contributed by atoms with Crippen LogP contribution in [0.15, 0.2) is 29.3 Å². The van der Waals surface area contributed by atoms with Gasteiger partial charge in [0.2, 0.25) is 0 Å². The van der Waals surface area contributed by atoms with Gasteiger partial charge < -0.3 is 10.6 Å². The molecule has 1 aromatic carbocycles. The van der Waals surface area contributed by atoms with Gasteiger partial charge in [-0.05, 0) is 49.8 Å². The predicted octanol–water partition coefficient (Wildman–Crippen LogP) is 3.49. The van der Waals surface area contributed by atoms with Crippen LogP contribution in [0.5, 0.6) is 0 Å². The van der Waals surface area contributed by atoms with E-state index in [1.54, 1.807) is 19.2 Å². The van der Waals surface area contributed by atoms with E-state index in [9.17, 15) is 8.60 Å². The number of halogens is 1. The third-order valence-corrected chi connectivity index (χ3v) is 7.95. The average Bonchev–Trinajstić information content (AvgIpc) is 2.67. The molecule has 0 heterocycles. The van der Waals surface area contributed by atoms with E-state index in [1.165, 1.54) is 12.0 Å². The second-order valence-electron chi connectivity index (χ2n) is 7.87. The van der Waals surface area contributed by atoms with Crippen molar-refractivity contribution < 1.29 is 8.60 Å². The van der Waals surface area contributed by atoms with Crippen LogP contribution in [0.3, 0.4) is 0 Å². The van der Waals surface area contributed by atoms with Crippen molar-refractivity contribution in [3.63, 3.8) is 0 Å². The van der Waals surface area contributed by atoms with Crippen molar-refractivity contribution in [2.45, 2.75) is 68.6 Å². The molecular formula is C21H32FN3OS. The van der Waals surface area contributed by atoms with Gasteiger partial charge in [-0.25, -0.2) is 4.39 Å². The molecule has 3 unspecified atom stereocenters. The van der Waals surface area contributed by atoms with E-state index in [-0.39, 0.29) is 11.2 Å². The number of guanidine groups is 1. The molecule has 3 rings (SSSR count). The third-order valence-electron chi connectivity index (χ3n) is 6.21. The number of rotatable bonds is 6. The monoisotopic (exact) mass is 393 g/mol. The number of hydrogen-bond donors (Lipinski definition) is 2. The summed E-state index contributed by atoms with van der Waals surface area (Å²) in [7, 11) is 1.08. The van der Waals surface area contributed by atoms with Gasteiger partial charge in [0.25, 0.3) is 0 Å². The van der Waals surface area contributed by atoms with Crippen molar-refractivity contribution in [1.29, 1.82) is 0 Å². The minimum atomic E-state index is -0.719. The Balaban J connectivity index is 1.57. The molecule has 0 aliphatic heterocycles. The second kappa shape index (κ2) is 9.18. The molecule has 2 aliphatic carbocycles. The lowest BCUT2D eigenvalue weighted by molar-refractivity contribution is 0.243. The summed E-state index contributed by atoms with van der Waals surface area (Å²) in [6.07, 6.45) is 7.67. The first-order valence-electron chi connectivity index (χ1n) is 10.2. The Morgan fingerprint density at radius 1 is 1.26 bits per heavy atom. The van der Waals surface area contributed by atoms with Crippen molar-refractivity contribution in [3.8, 4) is 0 Å². The Bertz CT molecular complexity index is 673.